The maximum Gasteiger partial charge on any atom is 0.323 e. The summed E-state index contributed by atoms with van der Waals surface area (Å²) in [6, 6.07) is 17.4. The van der Waals surface area contributed by atoms with Crippen LogP contribution in [0.5, 0.6) is 0 Å². The lowest BCUT2D eigenvalue weighted by Crippen LogP contribution is -2.34. The van der Waals surface area contributed by atoms with Crippen molar-refractivity contribution in [1.29, 1.82) is 0 Å². The van der Waals surface area contributed by atoms with Crippen LogP contribution >= 0.6 is 0 Å². The first kappa shape index (κ1) is 14.3. The van der Waals surface area contributed by atoms with Gasteiger partial charge in [-0.3, -0.25) is 4.79 Å². The monoisotopic (exact) mass is 269 g/mol. The Morgan fingerprint density at radius 2 is 1.75 bits per heavy atom. The van der Waals surface area contributed by atoms with Gasteiger partial charge in [-0.05, 0) is 30.0 Å². The molecule has 0 radical (unpaired) electrons. The molecule has 2 rings (SSSR count). The Morgan fingerprint density at radius 3 is 2.45 bits per heavy atom. The molecule has 104 valence electrons. The van der Waals surface area contributed by atoms with Gasteiger partial charge >= 0.3 is 5.97 Å². The third-order valence-electron chi connectivity index (χ3n) is 3.13. The van der Waals surface area contributed by atoms with E-state index < -0.39 is 6.04 Å². The van der Waals surface area contributed by atoms with Gasteiger partial charge in [0.15, 0.2) is 0 Å². The molecule has 0 amide bonds. The van der Waals surface area contributed by atoms with E-state index in [-0.39, 0.29) is 5.97 Å². The number of carbonyl (C=O) groups excluding carboxylic acids is 1. The van der Waals surface area contributed by atoms with E-state index in [0.29, 0.717) is 13.0 Å². The molecule has 0 aromatic heterocycles. The topological polar surface area (TPSA) is 52.3 Å². The van der Waals surface area contributed by atoms with Crippen LogP contribution in [-0.4, -0.2) is 18.6 Å². The molecule has 0 saturated carbocycles. The van der Waals surface area contributed by atoms with Crippen LogP contribution in [-0.2, 0) is 16.0 Å². The van der Waals surface area contributed by atoms with Crippen molar-refractivity contribution in [3.63, 3.8) is 0 Å². The van der Waals surface area contributed by atoms with Crippen LogP contribution in [0.1, 0.15) is 12.5 Å². The molecule has 0 aliphatic heterocycles. The summed E-state index contributed by atoms with van der Waals surface area (Å²) in [5, 5.41) is 0. The maximum atomic E-state index is 11.6. The Morgan fingerprint density at radius 1 is 1.10 bits per heavy atom. The van der Waals surface area contributed by atoms with Gasteiger partial charge in [-0.25, -0.2) is 0 Å². The molecule has 2 aromatic rings. The van der Waals surface area contributed by atoms with Crippen molar-refractivity contribution in [2.45, 2.75) is 19.4 Å². The second kappa shape index (κ2) is 6.87. The number of hydrogen-bond acceptors (Lipinski definition) is 3. The number of esters is 1. The van der Waals surface area contributed by atoms with Crippen LogP contribution in [0.25, 0.3) is 11.1 Å². The van der Waals surface area contributed by atoms with Gasteiger partial charge < -0.3 is 10.5 Å². The Labute approximate surface area is 119 Å². The fourth-order valence-electron chi connectivity index (χ4n) is 2.17. The Kier molecular flexibility index (Phi) is 4.91. The zero-order valence-electron chi connectivity index (χ0n) is 11.6. The van der Waals surface area contributed by atoms with Gasteiger partial charge in [0, 0.05) is 0 Å². The highest BCUT2D eigenvalue weighted by molar-refractivity contribution is 5.77. The van der Waals surface area contributed by atoms with Crippen molar-refractivity contribution in [3.05, 3.63) is 60.2 Å². The summed E-state index contributed by atoms with van der Waals surface area (Å²) >= 11 is 0. The third-order valence-corrected chi connectivity index (χ3v) is 3.13. The van der Waals surface area contributed by atoms with E-state index in [1.54, 1.807) is 6.92 Å². The quantitative estimate of drug-likeness (QED) is 0.849. The van der Waals surface area contributed by atoms with E-state index in [1.807, 2.05) is 42.5 Å². The van der Waals surface area contributed by atoms with Crippen molar-refractivity contribution in [2.75, 3.05) is 6.61 Å². The zero-order chi connectivity index (χ0) is 14.4. The van der Waals surface area contributed by atoms with E-state index in [9.17, 15) is 4.79 Å². The first-order valence-corrected chi connectivity index (χ1v) is 6.78. The van der Waals surface area contributed by atoms with Crippen molar-refractivity contribution in [2.24, 2.45) is 5.73 Å². The van der Waals surface area contributed by atoms with E-state index in [4.69, 9.17) is 10.5 Å². The lowest BCUT2D eigenvalue weighted by molar-refractivity contribution is -0.144. The van der Waals surface area contributed by atoms with Gasteiger partial charge in [-0.2, -0.15) is 0 Å². The van der Waals surface area contributed by atoms with Gasteiger partial charge in [-0.1, -0.05) is 54.6 Å². The Balaban J connectivity index is 2.23. The van der Waals surface area contributed by atoms with Crippen LogP contribution in [0.15, 0.2) is 54.6 Å². The molecular formula is C17H19NO2. The molecule has 0 aliphatic carbocycles. The smallest absolute Gasteiger partial charge is 0.323 e. The summed E-state index contributed by atoms with van der Waals surface area (Å²) in [6.07, 6.45) is 0.476. The first-order chi connectivity index (χ1) is 9.72. The third kappa shape index (κ3) is 3.45. The average molecular weight is 269 g/mol. The lowest BCUT2D eigenvalue weighted by atomic mass is 9.95. The highest BCUT2D eigenvalue weighted by atomic mass is 16.5. The van der Waals surface area contributed by atoms with E-state index in [0.717, 1.165) is 16.7 Å². The number of hydrogen-bond donors (Lipinski definition) is 1. The number of benzene rings is 2. The van der Waals surface area contributed by atoms with E-state index in [1.165, 1.54) is 0 Å². The predicted molar refractivity (Wildman–Crippen MR) is 80.2 cm³/mol. The lowest BCUT2D eigenvalue weighted by Gasteiger charge is -2.14. The summed E-state index contributed by atoms with van der Waals surface area (Å²) in [6.45, 7) is 2.13. The van der Waals surface area contributed by atoms with Gasteiger partial charge in [0.05, 0.1) is 6.61 Å². The molecule has 0 aliphatic rings. The molecule has 3 heteroatoms. The largest absolute Gasteiger partial charge is 0.465 e. The summed E-state index contributed by atoms with van der Waals surface area (Å²) in [7, 11) is 0. The maximum absolute atomic E-state index is 11.6. The Hall–Kier alpha value is -2.13. The van der Waals surface area contributed by atoms with E-state index >= 15 is 0 Å². The number of nitrogens with two attached hydrogens (primary N) is 1. The summed E-state index contributed by atoms with van der Waals surface area (Å²) in [4.78, 5) is 11.6. The fraction of sp³-hybridized carbons (Fsp3) is 0.235. The second-order valence-corrected chi connectivity index (χ2v) is 4.59. The number of rotatable bonds is 5. The highest BCUT2D eigenvalue weighted by Gasteiger charge is 2.17. The molecule has 20 heavy (non-hydrogen) atoms. The molecular weight excluding hydrogens is 250 g/mol. The van der Waals surface area contributed by atoms with Crippen LogP contribution in [0.3, 0.4) is 0 Å². The van der Waals surface area contributed by atoms with Crippen molar-refractivity contribution >= 4 is 5.97 Å². The minimum atomic E-state index is -0.625. The predicted octanol–water partition coefficient (Wildman–Crippen LogP) is 2.79. The zero-order valence-corrected chi connectivity index (χ0v) is 11.6. The van der Waals surface area contributed by atoms with Crippen molar-refractivity contribution in [1.82, 2.24) is 0 Å². The average Bonchev–Trinajstić information content (AvgIpc) is 2.49. The first-order valence-electron chi connectivity index (χ1n) is 6.78. The molecule has 0 fully saturated rings. The number of ether oxygens (including phenoxy) is 1. The minimum Gasteiger partial charge on any atom is -0.465 e. The van der Waals surface area contributed by atoms with Gasteiger partial charge in [0.25, 0.3) is 0 Å². The minimum absolute atomic E-state index is 0.352. The summed E-state index contributed by atoms with van der Waals surface area (Å²) in [5.74, 6) is -0.352. The standard InChI is InChI=1S/C17H19NO2/c1-2-20-17(19)16(18)12-14-10-6-7-11-15(14)13-8-4-3-5-9-13/h3-11,16H,2,12,18H2,1H3/t16-/m1/s1. The fourth-order valence-corrected chi connectivity index (χ4v) is 2.17. The molecule has 0 bridgehead atoms. The summed E-state index contributed by atoms with van der Waals surface area (Å²) < 4.78 is 4.96. The van der Waals surface area contributed by atoms with Gasteiger partial charge in [0.2, 0.25) is 0 Å². The van der Waals surface area contributed by atoms with Crippen LogP contribution < -0.4 is 5.73 Å². The van der Waals surface area contributed by atoms with Gasteiger partial charge in [-0.15, -0.1) is 0 Å². The molecule has 0 spiro atoms. The summed E-state index contributed by atoms with van der Waals surface area (Å²) in [5.41, 5.74) is 9.19. The molecule has 0 heterocycles. The number of carbonyl (C=O) groups is 1. The van der Waals surface area contributed by atoms with Crippen molar-refractivity contribution < 1.29 is 9.53 Å². The normalized spacial score (nSPS) is 11.9. The Bertz CT molecular complexity index is 566. The molecule has 3 nitrogen and oxygen atoms in total. The van der Waals surface area contributed by atoms with Crippen LogP contribution in [0.2, 0.25) is 0 Å². The van der Waals surface area contributed by atoms with E-state index in [2.05, 4.69) is 12.1 Å². The van der Waals surface area contributed by atoms with Crippen molar-refractivity contribution in [3.8, 4) is 11.1 Å². The molecule has 0 saturated heterocycles. The van der Waals surface area contributed by atoms with Gasteiger partial charge in [0.1, 0.15) is 6.04 Å². The van der Waals surface area contributed by atoms with Crippen LogP contribution in [0.4, 0.5) is 0 Å². The molecule has 0 unspecified atom stereocenters. The second-order valence-electron chi connectivity index (χ2n) is 4.59. The SMILES string of the molecule is CCOC(=O)[C@H](N)Cc1ccccc1-c1ccccc1. The molecule has 2 aromatic carbocycles. The van der Waals surface area contributed by atoms with Crippen LogP contribution in [0, 0.1) is 0 Å². The molecule has 2 N–H and O–H groups in total. The highest BCUT2D eigenvalue weighted by Crippen LogP contribution is 2.24. The molecule has 1 atom stereocenters.